The van der Waals surface area contributed by atoms with Gasteiger partial charge in [0.05, 0.1) is 23.2 Å². The Labute approximate surface area is 132 Å². The van der Waals surface area contributed by atoms with Crippen molar-refractivity contribution in [1.29, 1.82) is 0 Å². The highest BCUT2D eigenvalue weighted by Crippen LogP contribution is 2.28. The fourth-order valence-corrected chi connectivity index (χ4v) is 2.90. The first-order valence-corrected chi connectivity index (χ1v) is 7.42. The van der Waals surface area contributed by atoms with Crippen LogP contribution in [0.25, 0.3) is 22.2 Å². The molecule has 0 aliphatic carbocycles. The van der Waals surface area contributed by atoms with Crippen LogP contribution < -0.4 is 11.2 Å². The molecule has 2 heterocycles. The van der Waals surface area contributed by atoms with Crippen LogP contribution in [0.4, 0.5) is 0 Å². The molecule has 23 heavy (non-hydrogen) atoms. The molecule has 0 radical (unpaired) electrons. The van der Waals surface area contributed by atoms with Crippen LogP contribution >= 0.6 is 0 Å². The van der Waals surface area contributed by atoms with Crippen molar-refractivity contribution in [2.75, 3.05) is 6.61 Å². The van der Waals surface area contributed by atoms with Crippen LogP contribution in [0.15, 0.2) is 40.1 Å². The second-order valence-corrected chi connectivity index (χ2v) is 5.73. The summed E-state index contributed by atoms with van der Waals surface area (Å²) < 4.78 is 4.40. The van der Waals surface area contributed by atoms with E-state index in [-0.39, 0.29) is 17.9 Å². The number of hydrogen-bond acceptors (Lipinski definition) is 3. The predicted octanol–water partition coefficient (Wildman–Crippen LogP) is 1.01. The second-order valence-electron chi connectivity index (χ2n) is 5.73. The van der Waals surface area contributed by atoms with Crippen LogP contribution in [0.5, 0.6) is 0 Å². The molecular weight excluding hydrogens is 294 g/mol. The normalized spacial score (nSPS) is 11.3. The molecule has 1 aromatic carbocycles. The number of aliphatic hydroxyl groups excluding tert-OH is 1. The van der Waals surface area contributed by atoms with Gasteiger partial charge in [-0.05, 0) is 12.5 Å². The van der Waals surface area contributed by atoms with Crippen LogP contribution in [0, 0.1) is 6.92 Å². The predicted molar refractivity (Wildman–Crippen MR) is 89.7 cm³/mol. The summed E-state index contributed by atoms with van der Waals surface area (Å²) in [6, 6.07) is 7.85. The van der Waals surface area contributed by atoms with Crippen molar-refractivity contribution < 1.29 is 5.11 Å². The molecule has 1 N–H and O–H groups in total. The molecule has 0 aliphatic heterocycles. The Morgan fingerprint density at radius 3 is 2.30 bits per heavy atom. The molecule has 3 aromatic rings. The third-order valence-electron chi connectivity index (χ3n) is 4.18. The Morgan fingerprint density at radius 1 is 1.04 bits per heavy atom. The molecule has 0 fully saturated rings. The number of aromatic nitrogens is 3. The fraction of sp³-hybridized carbons (Fsp3) is 0.294. The molecule has 2 aromatic heterocycles. The first-order chi connectivity index (χ1) is 11.0. The molecule has 0 amide bonds. The number of nitrogens with zero attached hydrogens (tertiary/aromatic N) is 3. The summed E-state index contributed by atoms with van der Waals surface area (Å²) >= 11 is 0. The lowest BCUT2D eigenvalue weighted by Gasteiger charge is -2.09. The molecule has 0 spiro atoms. The number of hydrogen-bond donors (Lipinski definition) is 1. The van der Waals surface area contributed by atoms with Gasteiger partial charge < -0.3 is 9.67 Å². The lowest BCUT2D eigenvalue weighted by atomic mass is 10.1. The zero-order valence-corrected chi connectivity index (χ0v) is 13.4. The molecule has 0 atom stereocenters. The van der Waals surface area contributed by atoms with Crippen molar-refractivity contribution in [3.63, 3.8) is 0 Å². The van der Waals surface area contributed by atoms with Crippen molar-refractivity contribution >= 4 is 10.9 Å². The Morgan fingerprint density at radius 2 is 1.70 bits per heavy atom. The van der Waals surface area contributed by atoms with E-state index in [1.807, 2.05) is 35.8 Å². The van der Waals surface area contributed by atoms with Gasteiger partial charge in [-0.3, -0.25) is 13.9 Å². The van der Waals surface area contributed by atoms with Gasteiger partial charge in [0.2, 0.25) is 0 Å². The van der Waals surface area contributed by atoms with Gasteiger partial charge in [0.25, 0.3) is 5.56 Å². The van der Waals surface area contributed by atoms with Crippen LogP contribution in [-0.4, -0.2) is 25.4 Å². The highest BCUT2D eigenvalue weighted by Gasteiger charge is 2.18. The number of aliphatic hydroxyl groups is 1. The van der Waals surface area contributed by atoms with Crippen molar-refractivity contribution in [2.24, 2.45) is 14.1 Å². The number of benzene rings is 1. The van der Waals surface area contributed by atoms with E-state index < -0.39 is 0 Å². The monoisotopic (exact) mass is 313 g/mol. The minimum Gasteiger partial charge on any atom is -0.395 e. The van der Waals surface area contributed by atoms with E-state index in [0.29, 0.717) is 17.4 Å². The topological polar surface area (TPSA) is 69.2 Å². The molecule has 6 heteroatoms. The largest absolute Gasteiger partial charge is 0.395 e. The average Bonchev–Trinajstić information content (AvgIpc) is 2.91. The van der Waals surface area contributed by atoms with Gasteiger partial charge in [-0.2, -0.15) is 0 Å². The van der Waals surface area contributed by atoms with Gasteiger partial charge >= 0.3 is 5.69 Å². The Hall–Kier alpha value is -2.60. The molecule has 3 rings (SSSR count). The third kappa shape index (κ3) is 2.31. The summed E-state index contributed by atoms with van der Waals surface area (Å²) in [5, 5.41) is 9.83. The number of aryl methyl sites for hydroxylation is 2. The van der Waals surface area contributed by atoms with E-state index in [2.05, 4.69) is 0 Å². The van der Waals surface area contributed by atoms with E-state index >= 15 is 0 Å². The van der Waals surface area contributed by atoms with E-state index in [1.165, 1.54) is 11.6 Å². The van der Waals surface area contributed by atoms with Crippen LogP contribution in [0.1, 0.15) is 5.56 Å². The summed E-state index contributed by atoms with van der Waals surface area (Å²) in [4.78, 5) is 24.8. The third-order valence-corrected chi connectivity index (χ3v) is 4.18. The lowest BCUT2D eigenvalue weighted by molar-refractivity contribution is 0.277. The summed E-state index contributed by atoms with van der Waals surface area (Å²) in [5.41, 5.74) is 2.62. The van der Waals surface area contributed by atoms with Crippen molar-refractivity contribution in [3.05, 3.63) is 56.9 Å². The first kappa shape index (κ1) is 15.3. The molecule has 0 saturated heterocycles. The summed E-state index contributed by atoms with van der Waals surface area (Å²) in [7, 11) is 3.12. The first-order valence-electron chi connectivity index (χ1n) is 7.42. The highest BCUT2D eigenvalue weighted by molar-refractivity contribution is 5.93. The van der Waals surface area contributed by atoms with E-state index in [1.54, 1.807) is 13.2 Å². The van der Waals surface area contributed by atoms with Crippen LogP contribution in [0.2, 0.25) is 0 Å². The SMILES string of the molecule is Cc1ccc(-c2c3c(=O)n(C)c(=O)n(C)c3cn2CCO)cc1. The Bertz CT molecular complexity index is 991. The lowest BCUT2D eigenvalue weighted by Crippen LogP contribution is -2.36. The van der Waals surface area contributed by atoms with E-state index in [9.17, 15) is 14.7 Å². The van der Waals surface area contributed by atoms with Gasteiger partial charge in [0.1, 0.15) is 0 Å². The van der Waals surface area contributed by atoms with Crippen molar-refractivity contribution in [2.45, 2.75) is 13.5 Å². The van der Waals surface area contributed by atoms with Gasteiger partial charge in [-0.15, -0.1) is 0 Å². The minimum absolute atomic E-state index is 0.0475. The van der Waals surface area contributed by atoms with Gasteiger partial charge in [0.15, 0.2) is 0 Å². The minimum atomic E-state index is -0.362. The quantitative estimate of drug-likeness (QED) is 0.784. The Balaban J connectivity index is 2.48. The average molecular weight is 313 g/mol. The standard InChI is InChI=1S/C17H19N3O3/c1-11-4-6-12(7-5-11)15-14-13(10-20(15)8-9-21)18(2)17(23)19(3)16(14)22/h4-7,10,21H,8-9H2,1-3H3. The van der Waals surface area contributed by atoms with Gasteiger partial charge in [-0.1, -0.05) is 29.8 Å². The zero-order chi connectivity index (χ0) is 16.7. The molecule has 6 nitrogen and oxygen atoms in total. The maximum Gasteiger partial charge on any atom is 0.330 e. The van der Waals surface area contributed by atoms with Gasteiger partial charge in [0, 0.05) is 26.8 Å². The summed E-state index contributed by atoms with van der Waals surface area (Å²) in [5.74, 6) is 0. The molecule has 0 aliphatic rings. The maximum atomic E-state index is 12.7. The maximum absolute atomic E-state index is 12.7. The zero-order valence-electron chi connectivity index (χ0n) is 13.4. The van der Waals surface area contributed by atoms with Crippen molar-refractivity contribution in [1.82, 2.24) is 13.7 Å². The molecule has 120 valence electrons. The van der Waals surface area contributed by atoms with E-state index in [4.69, 9.17) is 0 Å². The van der Waals surface area contributed by atoms with Crippen LogP contribution in [-0.2, 0) is 20.6 Å². The number of fused-ring (bicyclic) bond motifs is 1. The summed E-state index contributed by atoms with van der Waals surface area (Å²) in [6.45, 7) is 2.31. The summed E-state index contributed by atoms with van der Waals surface area (Å²) in [6.07, 6.45) is 1.75. The fourth-order valence-electron chi connectivity index (χ4n) is 2.90. The highest BCUT2D eigenvalue weighted by atomic mass is 16.3. The van der Waals surface area contributed by atoms with Gasteiger partial charge in [-0.25, -0.2) is 4.79 Å². The van der Waals surface area contributed by atoms with Crippen LogP contribution in [0.3, 0.4) is 0 Å². The van der Waals surface area contributed by atoms with Crippen molar-refractivity contribution in [3.8, 4) is 11.3 Å². The molecule has 0 unspecified atom stereocenters. The molecular formula is C17H19N3O3. The molecule has 0 saturated carbocycles. The smallest absolute Gasteiger partial charge is 0.330 e. The Kier molecular flexibility index (Phi) is 3.69. The second kappa shape index (κ2) is 5.55. The molecule has 0 bridgehead atoms. The van der Waals surface area contributed by atoms with E-state index in [0.717, 1.165) is 21.4 Å². The number of rotatable bonds is 3.